The maximum absolute atomic E-state index is 5.90. The summed E-state index contributed by atoms with van der Waals surface area (Å²) < 4.78 is 0.864. The molecular weight excluding hydrogens is 270 g/mol. The SMILES string of the molecule is Cc1ccc(CC(C)NCc2ccc(Cl)s2)s1. The zero-order valence-corrected chi connectivity index (χ0v) is 12.4. The maximum atomic E-state index is 5.90. The van der Waals surface area contributed by atoms with Crippen LogP contribution in [0.2, 0.25) is 4.34 Å². The monoisotopic (exact) mass is 285 g/mol. The van der Waals surface area contributed by atoms with Crippen LogP contribution in [0.1, 0.15) is 21.6 Å². The van der Waals surface area contributed by atoms with Crippen molar-refractivity contribution in [2.45, 2.75) is 32.9 Å². The molecule has 0 aliphatic rings. The molecule has 0 saturated carbocycles. The van der Waals surface area contributed by atoms with Crippen molar-refractivity contribution in [1.29, 1.82) is 0 Å². The van der Waals surface area contributed by atoms with E-state index in [2.05, 4.69) is 37.4 Å². The van der Waals surface area contributed by atoms with Gasteiger partial charge in [-0.15, -0.1) is 22.7 Å². The van der Waals surface area contributed by atoms with Crippen molar-refractivity contribution in [1.82, 2.24) is 5.32 Å². The molecule has 0 fully saturated rings. The Labute approximate surface area is 115 Å². The number of thiophene rings is 2. The van der Waals surface area contributed by atoms with Crippen LogP contribution in [0, 0.1) is 6.92 Å². The lowest BCUT2D eigenvalue weighted by molar-refractivity contribution is 0.552. The average molecular weight is 286 g/mol. The van der Waals surface area contributed by atoms with Gasteiger partial charge in [0.2, 0.25) is 0 Å². The van der Waals surface area contributed by atoms with Gasteiger partial charge in [0, 0.05) is 27.2 Å². The highest BCUT2D eigenvalue weighted by atomic mass is 35.5. The second kappa shape index (κ2) is 6.01. The summed E-state index contributed by atoms with van der Waals surface area (Å²) in [6.45, 7) is 5.28. The van der Waals surface area contributed by atoms with Crippen LogP contribution in [-0.2, 0) is 13.0 Å². The lowest BCUT2D eigenvalue weighted by atomic mass is 10.2. The Hall–Kier alpha value is -0.350. The molecule has 0 bridgehead atoms. The summed E-state index contributed by atoms with van der Waals surface area (Å²) in [4.78, 5) is 4.13. The van der Waals surface area contributed by atoms with Gasteiger partial charge in [0.15, 0.2) is 0 Å². The molecular formula is C13H16ClNS2. The van der Waals surface area contributed by atoms with Gasteiger partial charge in [-0.05, 0) is 44.5 Å². The molecule has 2 heterocycles. The third-order valence-corrected chi connectivity index (χ3v) is 4.81. The van der Waals surface area contributed by atoms with Crippen LogP contribution in [0.4, 0.5) is 0 Å². The van der Waals surface area contributed by atoms with Crippen molar-refractivity contribution in [3.8, 4) is 0 Å². The molecule has 0 spiro atoms. The minimum Gasteiger partial charge on any atom is -0.309 e. The van der Waals surface area contributed by atoms with E-state index in [9.17, 15) is 0 Å². The van der Waals surface area contributed by atoms with E-state index in [1.807, 2.05) is 17.4 Å². The van der Waals surface area contributed by atoms with Gasteiger partial charge in [0.25, 0.3) is 0 Å². The highest BCUT2D eigenvalue weighted by molar-refractivity contribution is 7.16. The largest absolute Gasteiger partial charge is 0.309 e. The first kappa shape index (κ1) is 13.1. The highest BCUT2D eigenvalue weighted by Gasteiger charge is 2.06. The van der Waals surface area contributed by atoms with E-state index < -0.39 is 0 Å². The minimum absolute atomic E-state index is 0.494. The molecule has 0 aliphatic heterocycles. The molecule has 0 saturated heterocycles. The lowest BCUT2D eigenvalue weighted by Crippen LogP contribution is -2.26. The van der Waals surface area contributed by atoms with E-state index in [-0.39, 0.29) is 0 Å². The van der Waals surface area contributed by atoms with Crippen LogP contribution in [0.25, 0.3) is 0 Å². The van der Waals surface area contributed by atoms with Gasteiger partial charge >= 0.3 is 0 Å². The van der Waals surface area contributed by atoms with Gasteiger partial charge in [-0.25, -0.2) is 0 Å². The fraction of sp³-hybridized carbons (Fsp3) is 0.385. The molecule has 1 atom stereocenters. The molecule has 1 N–H and O–H groups in total. The molecule has 17 heavy (non-hydrogen) atoms. The number of aryl methyl sites for hydroxylation is 1. The van der Waals surface area contributed by atoms with Crippen molar-refractivity contribution in [3.63, 3.8) is 0 Å². The third-order valence-electron chi connectivity index (χ3n) is 2.56. The number of halogens is 1. The Kier molecular flexibility index (Phi) is 4.62. The molecule has 1 nitrogen and oxygen atoms in total. The number of hydrogen-bond donors (Lipinski definition) is 1. The summed E-state index contributed by atoms with van der Waals surface area (Å²) in [5.74, 6) is 0. The molecule has 4 heteroatoms. The van der Waals surface area contributed by atoms with Crippen molar-refractivity contribution in [2.75, 3.05) is 0 Å². The van der Waals surface area contributed by atoms with Crippen molar-refractivity contribution in [3.05, 3.63) is 43.2 Å². The Morgan fingerprint density at radius 3 is 2.53 bits per heavy atom. The van der Waals surface area contributed by atoms with Gasteiger partial charge in [-0.2, -0.15) is 0 Å². The van der Waals surface area contributed by atoms with Crippen molar-refractivity contribution < 1.29 is 0 Å². The van der Waals surface area contributed by atoms with Crippen molar-refractivity contribution in [2.24, 2.45) is 0 Å². The number of nitrogens with one attached hydrogen (secondary N) is 1. The predicted molar refractivity (Wildman–Crippen MR) is 78.4 cm³/mol. The van der Waals surface area contributed by atoms with Gasteiger partial charge in [0.1, 0.15) is 0 Å². The van der Waals surface area contributed by atoms with E-state index in [1.54, 1.807) is 11.3 Å². The molecule has 92 valence electrons. The zero-order chi connectivity index (χ0) is 12.3. The van der Waals surface area contributed by atoms with Crippen LogP contribution < -0.4 is 5.32 Å². The van der Waals surface area contributed by atoms with Crippen LogP contribution in [0.3, 0.4) is 0 Å². The molecule has 2 rings (SSSR count). The standard InChI is InChI=1S/C13H16ClNS2/c1-9(7-11-4-3-10(2)16-11)15-8-12-5-6-13(14)17-12/h3-6,9,15H,7-8H2,1-2H3. The highest BCUT2D eigenvalue weighted by Crippen LogP contribution is 2.21. The number of rotatable bonds is 5. The molecule has 0 amide bonds. The maximum Gasteiger partial charge on any atom is 0.0931 e. The second-order valence-corrected chi connectivity index (χ2v) is 7.38. The van der Waals surface area contributed by atoms with Crippen LogP contribution in [-0.4, -0.2) is 6.04 Å². The summed E-state index contributed by atoms with van der Waals surface area (Å²) in [6.07, 6.45) is 1.09. The summed E-state index contributed by atoms with van der Waals surface area (Å²) in [7, 11) is 0. The van der Waals surface area contributed by atoms with E-state index in [4.69, 9.17) is 11.6 Å². The third kappa shape index (κ3) is 4.11. The van der Waals surface area contributed by atoms with Crippen LogP contribution >= 0.6 is 34.3 Å². The van der Waals surface area contributed by atoms with Gasteiger partial charge in [-0.1, -0.05) is 11.6 Å². The van der Waals surface area contributed by atoms with Gasteiger partial charge in [0.05, 0.1) is 4.34 Å². The lowest BCUT2D eigenvalue weighted by Gasteiger charge is -2.11. The predicted octanol–water partition coefficient (Wildman–Crippen LogP) is 4.49. The molecule has 2 aromatic rings. The Morgan fingerprint density at radius 2 is 1.94 bits per heavy atom. The average Bonchev–Trinajstić information content (AvgIpc) is 2.85. The first-order chi connectivity index (χ1) is 8.13. The Balaban J connectivity index is 1.79. The topological polar surface area (TPSA) is 12.0 Å². The zero-order valence-electron chi connectivity index (χ0n) is 10.00. The normalized spacial score (nSPS) is 12.9. The molecule has 0 aliphatic carbocycles. The number of hydrogen-bond acceptors (Lipinski definition) is 3. The first-order valence-corrected chi connectivity index (χ1v) is 7.67. The van der Waals surface area contributed by atoms with Crippen molar-refractivity contribution >= 4 is 34.3 Å². The van der Waals surface area contributed by atoms with E-state index in [0.29, 0.717) is 6.04 Å². The minimum atomic E-state index is 0.494. The van der Waals surface area contributed by atoms with Crippen LogP contribution in [0.5, 0.6) is 0 Å². The summed E-state index contributed by atoms with van der Waals surface area (Å²) >= 11 is 9.43. The summed E-state index contributed by atoms with van der Waals surface area (Å²) in [5, 5.41) is 3.53. The first-order valence-electron chi connectivity index (χ1n) is 5.66. The Morgan fingerprint density at radius 1 is 1.18 bits per heavy atom. The summed E-state index contributed by atoms with van der Waals surface area (Å²) in [6, 6.07) is 8.94. The van der Waals surface area contributed by atoms with E-state index in [0.717, 1.165) is 17.3 Å². The second-order valence-electron chi connectivity index (χ2n) is 4.20. The smallest absolute Gasteiger partial charge is 0.0931 e. The van der Waals surface area contributed by atoms with E-state index >= 15 is 0 Å². The fourth-order valence-corrected chi connectivity index (χ4v) is 3.75. The molecule has 0 radical (unpaired) electrons. The Bertz CT molecular complexity index is 475. The quantitative estimate of drug-likeness (QED) is 0.853. The van der Waals surface area contributed by atoms with Gasteiger partial charge in [-0.3, -0.25) is 0 Å². The van der Waals surface area contributed by atoms with Crippen LogP contribution in [0.15, 0.2) is 24.3 Å². The molecule has 2 aromatic heterocycles. The van der Waals surface area contributed by atoms with Gasteiger partial charge < -0.3 is 5.32 Å². The molecule has 1 unspecified atom stereocenters. The molecule has 0 aromatic carbocycles. The fourth-order valence-electron chi connectivity index (χ4n) is 1.69. The van der Waals surface area contributed by atoms with E-state index in [1.165, 1.54) is 14.6 Å². The summed E-state index contributed by atoms with van der Waals surface area (Å²) in [5.41, 5.74) is 0.